The number of unbranched alkanes of at least 4 members (excludes halogenated alkanes) is 5. The van der Waals surface area contributed by atoms with Crippen LogP contribution in [0.25, 0.3) is 0 Å². The van der Waals surface area contributed by atoms with Crippen LogP contribution in [0.2, 0.25) is 0 Å². The highest BCUT2D eigenvalue weighted by Crippen LogP contribution is 2.26. The standard InChI is InChI=1S/C33H54N4O7/c1-8-10-11-12-13-14-21-37(31(41)26(17-18-27(34)38)36-32(42)44-33(5,6)7)29(25-16-15-23(3)24(4)22-25)30(40)35-20-19-28(39)43-9-2/h15-16,22,26,29H,8-14,17-21H2,1-7H3,(H2,34,38)(H,35,40)(H,36,42). The quantitative estimate of drug-likeness (QED) is 0.149. The number of nitrogens with zero attached hydrogens (tertiary/aromatic N) is 1. The fourth-order valence-electron chi connectivity index (χ4n) is 4.65. The first kappa shape index (κ1) is 38.4. The number of esters is 1. The van der Waals surface area contributed by atoms with Crippen LogP contribution in [-0.2, 0) is 28.7 Å². The molecule has 2 unspecified atom stereocenters. The molecule has 0 aromatic heterocycles. The number of amides is 4. The van der Waals surface area contributed by atoms with E-state index in [4.69, 9.17) is 15.2 Å². The van der Waals surface area contributed by atoms with Gasteiger partial charge < -0.3 is 30.7 Å². The molecule has 0 saturated heterocycles. The lowest BCUT2D eigenvalue weighted by Gasteiger charge is -2.35. The minimum absolute atomic E-state index is 0.0218. The SMILES string of the molecule is CCCCCCCCN(C(=O)C(CCC(N)=O)NC(=O)OC(C)(C)C)C(C(=O)NCCC(=O)OCC)c1ccc(C)c(C)c1. The van der Waals surface area contributed by atoms with Crippen molar-refractivity contribution >= 4 is 29.8 Å². The van der Waals surface area contributed by atoms with Gasteiger partial charge in [0.25, 0.3) is 0 Å². The third-order valence-corrected chi connectivity index (χ3v) is 7.04. The predicted molar refractivity (Wildman–Crippen MR) is 170 cm³/mol. The van der Waals surface area contributed by atoms with Crippen LogP contribution < -0.4 is 16.4 Å². The summed E-state index contributed by atoms with van der Waals surface area (Å²) in [7, 11) is 0. The second kappa shape index (κ2) is 19.6. The first-order chi connectivity index (χ1) is 20.7. The van der Waals surface area contributed by atoms with E-state index in [9.17, 15) is 24.0 Å². The average molecular weight is 619 g/mol. The molecule has 0 radical (unpaired) electrons. The van der Waals surface area contributed by atoms with Crippen LogP contribution in [0.1, 0.15) is 115 Å². The Morgan fingerprint density at radius 2 is 1.59 bits per heavy atom. The van der Waals surface area contributed by atoms with E-state index in [1.165, 1.54) is 4.90 Å². The Morgan fingerprint density at radius 3 is 2.18 bits per heavy atom. The van der Waals surface area contributed by atoms with E-state index in [1.807, 2.05) is 26.0 Å². The van der Waals surface area contributed by atoms with Crippen molar-refractivity contribution in [3.8, 4) is 0 Å². The van der Waals surface area contributed by atoms with Crippen molar-refractivity contribution < 1.29 is 33.4 Å². The Kier molecular flexibility index (Phi) is 17.1. The molecule has 0 aliphatic rings. The summed E-state index contributed by atoms with van der Waals surface area (Å²) in [6, 6.07) is 3.33. The van der Waals surface area contributed by atoms with Crippen LogP contribution >= 0.6 is 0 Å². The molecule has 1 aromatic rings. The first-order valence-corrected chi connectivity index (χ1v) is 15.8. The van der Waals surface area contributed by atoms with Crippen molar-refractivity contribution in [2.45, 2.75) is 124 Å². The smallest absolute Gasteiger partial charge is 0.408 e. The maximum atomic E-state index is 14.3. The van der Waals surface area contributed by atoms with Gasteiger partial charge in [0.05, 0.1) is 13.0 Å². The Balaban J connectivity index is 3.51. The maximum absolute atomic E-state index is 14.3. The summed E-state index contributed by atoms with van der Waals surface area (Å²) in [5.41, 5.74) is 7.14. The van der Waals surface area contributed by atoms with Gasteiger partial charge in [0.1, 0.15) is 17.7 Å². The number of hydrogen-bond acceptors (Lipinski definition) is 7. The molecular formula is C33H54N4O7. The van der Waals surface area contributed by atoms with Gasteiger partial charge in [-0.25, -0.2) is 4.79 Å². The number of primary amides is 1. The Morgan fingerprint density at radius 1 is 0.932 bits per heavy atom. The molecule has 11 nitrogen and oxygen atoms in total. The van der Waals surface area contributed by atoms with Crippen molar-refractivity contribution in [2.75, 3.05) is 19.7 Å². The summed E-state index contributed by atoms with van der Waals surface area (Å²) < 4.78 is 10.4. The molecule has 44 heavy (non-hydrogen) atoms. The van der Waals surface area contributed by atoms with Crippen LogP contribution in [-0.4, -0.2) is 66.0 Å². The number of carbonyl (C=O) groups is 5. The zero-order valence-electron chi connectivity index (χ0n) is 27.8. The van der Waals surface area contributed by atoms with E-state index in [0.29, 0.717) is 12.0 Å². The van der Waals surface area contributed by atoms with Crippen molar-refractivity contribution in [2.24, 2.45) is 5.73 Å². The zero-order valence-corrected chi connectivity index (χ0v) is 27.8. The third kappa shape index (κ3) is 14.7. The largest absolute Gasteiger partial charge is 0.466 e. The number of nitrogens with one attached hydrogen (secondary N) is 2. The zero-order chi connectivity index (χ0) is 33.3. The van der Waals surface area contributed by atoms with Crippen LogP contribution in [0.15, 0.2) is 18.2 Å². The van der Waals surface area contributed by atoms with Gasteiger partial charge in [-0.2, -0.15) is 0 Å². The molecule has 4 N–H and O–H groups in total. The van der Waals surface area contributed by atoms with Crippen LogP contribution in [0.3, 0.4) is 0 Å². The number of nitrogens with two attached hydrogens (primary N) is 1. The molecule has 1 rings (SSSR count). The molecule has 0 saturated carbocycles. The summed E-state index contributed by atoms with van der Waals surface area (Å²) in [6.45, 7) is 13.3. The Hall–Kier alpha value is -3.63. The lowest BCUT2D eigenvalue weighted by molar-refractivity contribution is -0.144. The molecule has 0 aliphatic carbocycles. The fraction of sp³-hybridized carbons (Fsp3) is 0.667. The third-order valence-electron chi connectivity index (χ3n) is 7.04. The monoisotopic (exact) mass is 618 g/mol. The van der Waals surface area contributed by atoms with E-state index in [-0.39, 0.29) is 39.0 Å². The van der Waals surface area contributed by atoms with Gasteiger partial charge in [-0.1, -0.05) is 57.2 Å². The summed E-state index contributed by atoms with van der Waals surface area (Å²) in [5.74, 6) is -2.07. The van der Waals surface area contributed by atoms with Gasteiger partial charge in [-0.3, -0.25) is 19.2 Å². The van der Waals surface area contributed by atoms with E-state index in [0.717, 1.165) is 43.2 Å². The molecule has 4 amide bonds. The normalized spacial score (nSPS) is 12.5. The fourth-order valence-corrected chi connectivity index (χ4v) is 4.65. The molecule has 0 spiro atoms. The van der Waals surface area contributed by atoms with Crippen molar-refractivity contribution in [1.82, 2.24) is 15.5 Å². The summed E-state index contributed by atoms with van der Waals surface area (Å²) in [6.07, 6.45) is 4.68. The molecule has 11 heteroatoms. The number of ether oxygens (including phenoxy) is 2. The number of rotatable bonds is 19. The van der Waals surface area contributed by atoms with Gasteiger partial charge in [-0.05, 0) is 71.1 Å². The van der Waals surface area contributed by atoms with E-state index < -0.39 is 47.5 Å². The number of alkyl carbamates (subject to hydrolysis) is 1. The highest BCUT2D eigenvalue weighted by molar-refractivity contribution is 5.92. The molecule has 0 heterocycles. The van der Waals surface area contributed by atoms with E-state index in [2.05, 4.69) is 17.6 Å². The number of carbonyl (C=O) groups excluding carboxylic acids is 5. The van der Waals surface area contributed by atoms with Gasteiger partial charge in [0.2, 0.25) is 17.7 Å². The number of benzene rings is 1. The van der Waals surface area contributed by atoms with Gasteiger partial charge in [0, 0.05) is 19.5 Å². The molecule has 1 aromatic carbocycles. The van der Waals surface area contributed by atoms with Crippen LogP contribution in [0.5, 0.6) is 0 Å². The molecule has 0 bridgehead atoms. The average Bonchev–Trinajstić information content (AvgIpc) is 2.92. The number of hydrogen-bond donors (Lipinski definition) is 3. The highest BCUT2D eigenvalue weighted by atomic mass is 16.6. The minimum Gasteiger partial charge on any atom is -0.466 e. The topological polar surface area (TPSA) is 157 Å². The van der Waals surface area contributed by atoms with Crippen molar-refractivity contribution in [3.63, 3.8) is 0 Å². The number of aryl methyl sites for hydroxylation is 2. The molecule has 0 aliphatic heterocycles. The van der Waals surface area contributed by atoms with E-state index in [1.54, 1.807) is 33.8 Å². The van der Waals surface area contributed by atoms with Gasteiger partial charge >= 0.3 is 12.1 Å². The summed E-state index contributed by atoms with van der Waals surface area (Å²) in [5, 5.41) is 5.41. The first-order valence-electron chi connectivity index (χ1n) is 15.8. The van der Waals surface area contributed by atoms with Gasteiger partial charge in [0.15, 0.2) is 0 Å². The Labute approximate surface area is 263 Å². The Bertz CT molecular complexity index is 1100. The minimum atomic E-state index is -1.17. The molecule has 0 fully saturated rings. The lowest BCUT2D eigenvalue weighted by atomic mass is 9.97. The second-order valence-electron chi connectivity index (χ2n) is 12.1. The molecule has 2 atom stereocenters. The van der Waals surface area contributed by atoms with Crippen molar-refractivity contribution in [1.29, 1.82) is 0 Å². The van der Waals surface area contributed by atoms with E-state index >= 15 is 0 Å². The van der Waals surface area contributed by atoms with Crippen LogP contribution in [0.4, 0.5) is 4.79 Å². The predicted octanol–water partition coefficient (Wildman–Crippen LogP) is 4.76. The van der Waals surface area contributed by atoms with Crippen LogP contribution in [0, 0.1) is 13.8 Å². The molecular weight excluding hydrogens is 564 g/mol. The maximum Gasteiger partial charge on any atom is 0.408 e. The lowest BCUT2D eigenvalue weighted by Crippen LogP contribution is -2.53. The summed E-state index contributed by atoms with van der Waals surface area (Å²) >= 11 is 0. The highest BCUT2D eigenvalue weighted by Gasteiger charge is 2.36. The summed E-state index contributed by atoms with van der Waals surface area (Å²) in [4.78, 5) is 66.0. The van der Waals surface area contributed by atoms with Gasteiger partial charge in [-0.15, -0.1) is 0 Å². The van der Waals surface area contributed by atoms with Crippen molar-refractivity contribution in [3.05, 3.63) is 34.9 Å². The molecule has 248 valence electrons. The second-order valence-corrected chi connectivity index (χ2v) is 12.1.